The van der Waals surface area contributed by atoms with Gasteiger partial charge in [0.15, 0.2) is 5.69 Å². The zero-order valence-corrected chi connectivity index (χ0v) is 11.4. The number of aromatic nitrogens is 1. The molecule has 1 nitrogen and oxygen atoms in total. The summed E-state index contributed by atoms with van der Waals surface area (Å²) in [6.45, 7) is 0. The molecule has 0 aliphatic carbocycles. The summed E-state index contributed by atoms with van der Waals surface area (Å²) in [5.74, 6) is 0. The van der Waals surface area contributed by atoms with Crippen LogP contribution >= 0.6 is 0 Å². The Hall–Kier alpha value is -2.62. The molecule has 0 aliphatic rings. The second-order valence-corrected chi connectivity index (χ2v) is 5.18. The third kappa shape index (κ3) is 1.84. The lowest BCUT2D eigenvalue weighted by atomic mass is 9.97. The Kier molecular flexibility index (Phi) is 2.64. The summed E-state index contributed by atoms with van der Waals surface area (Å²) in [4.78, 5) is 3.90. The van der Waals surface area contributed by atoms with Crippen LogP contribution in [0.1, 0.15) is 5.69 Å². The number of benzene rings is 3. The van der Waals surface area contributed by atoms with Gasteiger partial charge in [-0.25, -0.2) is 4.98 Å². The van der Waals surface area contributed by atoms with Gasteiger partial charge in [0.05, 0.1) is 5.52 Å². The Morgan fingerprint density at radius 3 is 2.14 bits per heavy atom. The van der Waals surface area contributed by atoms with Crippen molar-refractivity contribution in [3.8, 4) is 0 Å². The predicted octanol–water partition coefficient (Wildman–Crippen LogP) is 5.56. The standard InChI is InChI=1S/C18H10F3N/c19-18(20,21)17-16-12-6-2-1-5-11(12)9-10-14(16)13-7-3-4-8-15(13)22-17/h1-10H. The number of para-hydroxylation sites is 1. The van der Waals surface area contributed by atoms with Crippen LogP contribution in [-0.4, -0.2) is 4.98 Å². The normalized spacial score (nSPS) is 12.3. The number of pyridine rings is 1. The maximum atomic E-state index is 13.5. The first-order valence-corrected chi connectivity index (χ1v) is 6.83. The molecule has 1 heterocycles. The Bertz CT molecular complexity index is 1020. The smallest absolute Gasteiger partial charge is 0.243 e. The summed E-state index contributed by atoms with van der Waals surface area (Å²) in [6, 6.07) is 17.6. The zero-order chi connectivity index (χ0) is 15.3. The van der Waals surface area contributed by atoms with Gasteiger partial charge in [-0.15, -0.1) is 0 Å². The molecule has 1 aromatic heterocycles. The van der Waals surface area contributed by atoms with Gasteiger partial charge in [-0.05, 0) is 22.2 Å². The highest BCUT2D eigenvalue weighted by atomic mass is 19.4. The molecule has 0 amide bonds. The van der Waals surface area contributed by atoms with E-state index in [2.05, 4.69) is 4.98 Å². The summed E-state index contributed by atoms with van der Waals surface area (Å²) in [6.07, 6.45) is -4.49. The lowest BCUT2D eigenvalue weighted by Gasteiger charge is -2.14. The van der Waals surface area contributed by atoms with Gasteiger partial charge >= 0.3 is 6.18 Å². The Balaban J connectivity index is 2.34. The maximum absolute atomic E-state index is 13.5. The number of hydrogen-bond acceptors (Lipinski definition) is 1. The van der Waals surface area contributed by atoms with Gasteiger partial charge in [0.25, 0.3) is 0 Å². The van der Waals surface area contributed by atoms with E-state index in [1.54, 1.807) is 36.4 Å². The molecule has 0 saturated carbocycles. The van der Waals surface area contributed by atoms with Crippen LogP contribution in [0.3, 0.4) is 0 Å². The molecule has 0 radical (unpaired) electrons. The lowest BCUT2D eigenvalue weighted by molar-refractivity contribution is -0.139. The van der Waals surface area contributed by atoms with Crippen LogP contribution in [0.4, 0.5) is 13.2 Å². The largest absolute Gasteiger partial charge is 0.434 e. The maximum Gasteiger partial charge on any atom is 0.434 e. The van der Waals surface area contributed by atoms with Crippen molar-refractivity contribution in [1.29, 1.82) is 0 Å². The fraction of sp³-hybridized carbons (Fsp3) is 0.0556. The number of hydrogen-bond donors (Lipinski definition) is 0. The molecule has 4 rings (SSSR count). The van der Waals surface area contributed by atoms with E-state index in [1.807, 2.05) is 24.3 Å². The van der Waals surface area contributed by atoms with Crippen LogP contribution in [0.5, 0.6) is 0 Å². The molecule has 0 atom stereocenters. The Morgan fingerprint density at radius 2 is 1.36 bits per heavy atom. The highest BCUT2D eigenvalue weighted by Gasteiger charge is 2.35. The number of fused-ring (bicyclic) bond motifs is 5. The van der Waals surface area contributed by atoms with Gasteiger partial charge in [-0.1, -0.05) is 54.6 Å². The highest BCUT2D eigenvalue weighted by Crippen LogP contribution is 2.39. The van der Waals surface area contributed by atoms with E-state index in [1.165, 1.54) is 0 Å². The van der Waals surface area contributed by atoms with Crippen molar-refractivity contribution in [1.82, 2.24) is 4.98 Å². The van der Waals surface area contributed by atoms with Crippen molar-refractivity contribution in [2.45, 2.75) is 6.18 Å². The summed E-state index contributed by atoms with van der Waals surface area (Å²) < 4.78 is 40.5. The fourth-order valence-electron chi connectivity index (χ4n) is 2.93. The predicted molar refractivity (Wildman–Crippen MR) is 81.8 cm³/mol. The average Bonchev–Trinajstić information content (AvgIpc) is 2.52. The molecule has 3 aromatic carbocycles. The molecule has 0 aliphatic heterocycles. The monoisotopic (exact) mass is 297 g/mol. The Labute approximate surface area is 124 Å². The first-order chi connectivity index (χ1) is 10.6. The highest BCUT2D eigenvalue weighted by molar-refractivity contribution is 6.17. The van der Waals surface area contributed by atoms with Crippen molar-refractivity contribution in [2.75, 3.05) is 0 Å². The minimum absolute atomic E-state index is 0.171. The van der Waals surface area contributed by atoms with Crippen molar-refractivity contribution in [3.05, 3.63) is 66.4 Å². The summed E-state index contributed by atoms with van der Waals surface area (Å²) in [7, 11) is 0. The average molecular weight is 297 g/mol. The Morgan fingerprint density at radius 1 is 0.682 bits per heavy atom. The number of rotatable bonds is 0. The van der Waals surface area contributed by atoms with Crippen LogP contribution in [0.2, 0.25) is 0 Å². The molecule has 0 saturated heterocycles. The topological polar surface area (TPSA) is 12.9 Å². The molecule has 4 heteroatoms. The quantitative estimate of drug-likeness (QED) is 0.387. The van der Waals surface area contributed by atoms with E-state index < -0.39 is 11.9 Å². The van der Waals surface area contributed by atoms with E-state index in [4.69, 9.17) is 0 Å². The fourth-order valence-corrected chi connectivity index (χ4v) is 2.93. The van der Waals surface area contributed by atoms with Gasteiger partial charge in [0.1, 0.15) is 0 Å². The van der Waals surface area contributed by atoms with E-state index in [9.17, 15) is 13.2 Å². The van der Waals surface area contributed by atoms with E-state index in [-0.39, 0.29) is 5.39 Å². The number of alkyl halides is 3. The molecule has 22 heavy (non-hydrogen) atoms. The van der Waals surface area contributed by atoms with Gasteiger partial charge in [-0.2, -0.15) is 13.2 Å². The minimum atomic E-state index is -4.49. The van der Waals surface area contributed by atoms with Gasteiger partial charge in [0, 0.05) is 10.8 Å². The van der Waals surface area contributed by atoms with Gasteiger partial charge in [-0.3, -0.25) is 0 Å². The van der Waals surface area contributed by atoms with Gasteiger partial charge < -0.3 is 0 Å². The molecular weight excluding hydrogens is 287 g/mol. The second kappa shape index (κ2) is 4.44. The third-order valence-electron chi connectivity index (χ3n) is 3.86. The van der Waals surface area contributed by atoms with E-state index in [0.29, 0.717) is 16.3 Å². The van der Waals surface area contributed by atoms with E-state index >= 15 is 0 Å². The van der Waals surface area contributed by atoms with Gasteiger partial charge in [0.2, 0.25) is 0 Å². The molecule has 0 spiro atoms. The molecule has 108 valence electrons. The number of halogens is 3. The van der Waals surface area contributed by atoms with E-state index in [0.717, 1.165) is 10.8 Å². The molecule has 0 bridgehead atoms. The minimum Gasteiger partial charge on any atom is -0.243 e. The van der Waals surface area contributed by atoms with Crippen molar-refractivity contribution in [3.63, 3.8) is 0 Å². The first-order valence-electron chi connectivity index (χ1n) is 6.83. The lowest BCUT2D eigenvalue weighted by Crippen LogP contribution is -2.09. The van der Waals surface area contributed by atoms with Crippen LogP contribution in [-0.2, 0) is 6.18 Å². The molecule has 0 unspecified atom stereocenters. The molecule has 4 aromatic rings. The van der Waals surface area contributed by atoms with Crippen LogP contribution in [0, 0.1) is 0 Å². The molecule has 0 fully saturated rings. The van der Waals surface area contributed by atoms with Crippen LogP contribution in [0.25, 0.3) is 32.4 Å². The third-order valence-corrected chi connectivity index (χ3v) is 3.86. The molecular formula is C18H10F3N. The summed E-state index contributed by atoms with van der Waals surface area (Å²) in [5.41, 5.74) is -0.462. The van der Waals surface area contributed by atoms with Crippen molar-refractivity contribution in [2.24, 2.45) is 0 Å². The van der Waals surface area contributed by atoms with Crippen LogP contribution in [0.15, 0.2) is 60.7 Å². The van der Waals surface area contributed by atoms with Crippen LogP contribution < -0.4 is 0 Å². The SMILES string of the molecule is FC(F)(F)c1nc2ccccc2c2ccc3ccccc3c12. The molecule has 0 N–H and O–H groups in total. The summed E-state index contributed by atoms with van der Waals surface area (Å²) >= 11 is 0. The van der Waals surface area contributed by atoms with Crippen molar-refractivity contribution < 1.29 is 13.2 Å². The van der Waals surface area contributed by atoms with Crippen molar-refractivity contribution >= 4 is 32.4 Å². The zero-order valence-electron chi connectivity index (χ0n) is 11.4. The first kappa shape index (κ1) is 13.1. The number of nitrogens with zero attached hydrogens (tertiary/aromatic N) is 1. The summed E-state index contributed by atoms with van der Waals surface area (Å²) in [5, 5.41) is 2.83. The second-order valence-electron chi connectivity index (χ2n) is 5.18.